The van der Waals surface area contributed by atoms with Crippen molar-refractivity contribution >= 4 is 5.96 Å². The quantitative estimate of drug-likeness (QED) is 0.494. The van der Waals surface area contributed by atoms with E-state index in [-0.39, 0.29) is 5.41 Å². The molecule has 0 aliphatic heterocycles. The average molecular weight is 352 g/mol. The van der Waals surface area contributed by atoms with Gasteiger partial charge in [-0.15, -0.1) is 0 Å². The summed E-state index contributed by atoms with van der Waals surface area (Å²) in [6, 6.07) is 0. The van der Waals surface area contributed by atoms with Gasteiger partial charge in [0.05, 0.1) is 6.54 Å². The van der Waals surface area contributed by atoms with E-state index in [9.17, 15) is 13.2 Å². The summed E-state index contributed by atoms with van der Waals surface area (Å²) in [7, 11) is 4.85. The van der Waals surface area contributed by atoms with Crippen molar-refractivity contribution < 1.29 is 17.9 Å². The van der Waals surface area contributed by atoms with Crippen molar-refractivity contribution in [2.45, 2.75) is 38.3 Å². The Hall–Kier alpha value is -1.02. The van der Waals surface area contributed by atoms with Crippen LogP contribution in [0, 0.1) is 5.41 Å². The molecule has 5 nitrogen and oxygen atoms in total. The number of guanidine groups is 1. The van der Waals surface area contributed by atoms with E-state index in [0.717, 1.165) is 19.6 Å². The number of aliphatic imine (C=N–C) groups is 1. The first-order valence-electron chi connectivity index (χ1n) is 8.49. The number of likely N-dealkylation sites (N-methyl/N-ethyl adjacent to an activating group) is 1. The second-order valence-electron chi connectivity index (χ2n) is 6.66. The Bertz CT molecular complexity index is 382. The Morgan fingerprint density at radius 3 is 2.46 bits per heavy atom. The molecule has 0 saturated heterocycles. The largest absolute Gasteiger partial charge is 0.401 e. The standard InChI is InChI=1S/C16H31F3N4O/c1-20-14(21-9-10-23(2)13-16(17,18)19)22-12-15(8-11-24-3)6-4-5-7-15/h4-13H2,1-3H3,(H2,20,21,22). The second kappa shape index (κ2) is 10.1. The van der Waals surface area contributed by atoms with Gasteiger partial charge in [-0.1, -0.05) is 12.8 Å². The molecule has 0 unspecified atom stereocenters. The van der Waals surface area contributed by atoms with Crippen LogP contribution in [-0.4, -0.2) is 71.0 Å². The fourth-order valence-electron chi connectivity index (χ4n) is 3.20. The summed E-state index contributed by atoms with van der Waals surface area (Å²) in [6.07, 6.45) is 1.68. The summed E-state index contributed by atoms with van der Waals surface area (Å²) in [5.41, 5.74) is 0.237. The highest BCUT2D eigenvalue weighted by atomic mass is 19.4. The lowest BCUT2D eigenvalue weighted by Gasteiger charge is -2.30. The van der Waals surface area contributed by atoms with Gasteiger partial charge in [-0.05, 0) is 31.7 Å². The number of hydrogen-bond donors (Lipinski definition) is 2. The van der Waals surface area contributed by atoms with Crippen LogP contribution in [0.25, 0.3) is 0 Å². The van der Waals surface area contributed by atoms with E-state index in [1.54, 1.807) is 14.2 Å². The first-order valence-corrected chi connectivity index (χ1v) is 8.49. The van der Waals surface area contributed by atoms with Crippen LogP contribution >= 0.6 is 0 Å². The topological polar surface area (TPSA) is 48.9 Å². The van der Waals surface area contributed by atoms with Crippen LogP contribution in [-0.2, 0) is 4.74 Å². The molecule has 0 amide bonds. The molecule has 1 fully saturated rings. The van der Waals surface area contributed by atoms with Crippen LogP contribution in [0.5, 0.6) is 0 Å². The van der Waals surface area contributed by atoms with Gasteiger partial charge in [-0.3, -0.25) is 9.89 Å². The lowest BCUT2D eigenvalue weighted by Crippen LogP contribution is -2.45. The van der Waals surface area contributed by atoms with Crippen LogP contribution in [0.3, 0.4) is 0 Å². The fraction of sp³-hybridized carbons (Fsp3) is 0.938. The SMILES string of the molecule is CN=C(NCCN(C)CC(F)(F)F)NCC1(CCOC)CCCC1. The van der Waals surface area contributed by atoms with Crippen LogP contribution in [0.15, 0.2) is 4.99 Å². The van der Waals surface area contributed by atoms with Crippen molar-refractivity contribution in [2.24, 2.45) is 10.4 Å². The van der Waals surface area contributed by atoms with E-state index < -0.39 is 12.7 Å². The van der Waals surface area contributed by atoms with Gasteiger partial charge < -0.3 is 15.4 Å². The lowest BCUT2D eigenvalue weighted by molar-refractivity contribution is -0.142. The second-order valence-corrected chi connectivity index (χ2v) is 6.66. The Morgan fingerprint density at radius 1 is 1.25 bits per heavy atom. The van der Waals surface area contributed by atoms with Crippen LogP contribution in [0.2, 0.25) is 0 Å². The fourth-order valence-corrected chi connectivity index (χ4v) is 3.20. The predicted molar refractivity (Wildman–Crippen MR) is 90.3 cm³/mol. The molecule has 0 heterocycles. The zero-order chi connectivity index (χ0) is 18.1. The number of halogens is 3. The molecule has 2 N–H and O–H groups in total. The monoisotopic (exact) mass is 352 g/mol. The maximum atomic E-state index is 12.3. The van der Waals surface area contributed by atoms with Gasteiger partial charge in [0, 0.05) is 40.4 Å². The molecule has 8 heteroatoms. The molecule has 0 aromatic heterocycles. The molecule has 1 aliphatic carbocycles. The number of rotatable bonds is 9. The van der Waals surface area contributed by atoms with Gasteiger partial charge >= 0.3 is 6.18 Å². The van der Waals surface area contributed by atoms with Crippen LogP contribution in [0.1, 0.15) is 32.1 Å². The molecule has 1 aliphatic rings. The number of nitrogens with one attached hydrogen (secondary N) is 2. The summed E-state index contributed by atoms with van der Waals surface area (Å²) in [5.74, 6) is 0.638. The van der Waals surface area contributed by atoms with Crippen molar-refractivity contribution in [3.8, 4) is 0 Å². The maximum absolute atomic E-state index is 12.3. The first-order chi connectivity index (χ1) is 11.3. The van der Waals surface area contributed by atoms with E-state index in [2.05, 4.69) is 15.6 Å². The molecule has 0 aromatic rings. The smallest absolute Gasteiger partial charge is 0.385 e. The van der Waals surface area contributed by atoms with Crippen LogP contribution in [0.4, 0.5) is 13.2 Å². The van der Waals surface area contributed by atoms with Crippen molar-refractivity contribution in [2.75, 3.05) is 54.0 Å². The zero-order valence-corrected chi connectivity index (χ0v) is 15.0. The molecule has 0 aromatic carbocycles. The van der Waals surface area contributed by atoms with Gasteiger partial charge in [0.2, 0.25) is 0 Å². The number of ether oxygens (including phenoxy) is 1. The van der Waals surface area contributed by atoms with Gasteiger partial charge in [-0.25, -0.2) is 0 Å². The summed E-state index contributed by atoms with van der Waals surface area (Å²) in [4.78, 5) is 5.40. The molecule has 1 rings (SSSR count). The summed E-state index contributed by atoms with van der Waals surface area (Å²) < 4.78 is 42.1. The van der Waals surface area contributed by atoms with Crippen molar-refractivity contribution in [1.82, 2.24) is 15.5 Å². The number of nitrogens with zero attached hydrogens (tertiary/aromatic N) is 2. The first kappa shape index (κ1) is 21.0. The minimum Gasteiger partial charge on any atom is -0.385 e. The third kappa shape index (κ3) is 8.19. The average Bonchev–Trinajstić information content (AvgIpc) is 2.96. The lowest BCUT2D eigenvalue weighted by atomic mass is 9.83. The summed E-state index contributed by atoms with van der Waals surface area (Å²) in [5, 5.41) is 6.41. The van der Waals surface area contributed by atoms with Crippen LogP contribution < -0.4 is 10.6 Å². The van der Waals surface area contributed by atoms with Crippen molar-refractivity contribution in [3.63, 3.8) is 0 Å². The molecule has 0 spiro atoms. The zero-order valence-electron chi connectivity index (χ0n) is 15.0. The molecule has 0 radical (unpaired) electrons. The third-order valence-corrected chi connectivity index (χ3v) is 4.59. The van der Waals surface area contributed by atoms with Crippen molar-refractivity contribution in [3.05, 3.63) is 0 Å². The molecule has 142 valence electrons. The van der Waals surface area contributed by atoms with Gasteiger partial charge in [0.1, 0.15) is 0 Å². The highest BCUT2D eigenvalue weighted by Gasteiger charge is 2.33. The minimum absolute atomic E-state index is 0.237. The van der Waals surface area contributed by atoms with Gasteiger partial charge in [0.15, 0.2) is 5.96 Å². The Morgan fingerprint density at radius 2 is 1.92 bits per heavy atom. The molecular formula is C16H31F3N4O. The van der Waals surface area contributed by atoms with E-state index in [1.807, 2.05) is 0 Å². The van der Waals surface area contributed by atoms with E-state index in [1.165, 1.54) is 37.6 Å². The predicted octanol–water partition coefficient (Wildman–Crippen LogP) is 2.24. The van der Waals surface area contributed by atoms with Gasteiger partial charge in [-0.2, -0.15) is 13.2 Å². The molecule has 0 bridgehead atoms. The molecule has 24 heavy (non-hydrogen) atoms. The summed E-state index contributed by atoms with van der Waals surface area (Å²) in [6.45, 7) is 1.37. The minimum atomic E-state index is -4.16. The van der Waals surface area contributed by atoms with E-state index in [0.29, 0.717) is 19.0 Å². The third-order valence-electron chi connectivity index (χ3n) is 4.59. The molecule has 1 saturated carbocycles. The molecule has 0 atom stereocenters. The van der Waals surface area contributed by atoms with Crippen molar-refractivity contribution in [1.29, 1.82) is 0 Å². The Kier molecular flexibility index (Phi) is 8.83. The number of hydrogen-bond acceptors (Lipinski definition) is 3. The van der Waals surface area contributed by atoms with E-state index >= 15 is 0 Å². The summed E-state index contributed by atoms with van der Waals surface area (Å²) >= 11 is 0. The highest BCUT2D eigenvalue weighted by Crippen LogP contribution is 2.40. The number of methoxy groups -OCH3 is 1. The maximum Gasteiger partial charge on any atom is 0.401 e. The van der Waals surface area contributed by atoms with E-state index in [4.69, 9.17) is 4.74 Å². The number of alkyl halides is 3. The Labute approximate surface area is 143 Å². The normalized spacial score (nSPS) is 18.2. The van der Waals surface area contributed by atoms with Gasteiger partial charge in [0.25, 0.3) is 0 Å². The highest BCUT2D eigenvalue weighted by molar-refractivity contribution is 5.79. The Balaban J connectivity index is 2.34. The molecular weight excluding hydrogens is 321 g/mol.